The lowest BCUT2D eigenvalue weighted by atomic mass is 10.0. The number of fused-ring (bicyclic) bond motifs is 3. The minimum absolute atomic E-state index is 0.713. The van der Waals surface area contributed by atoms with E-state index < -0.39 is 0 Å². The van der Waals surface area contributed by atoms with Crippen molar-refractivity contribution in [2.45, 2.75) is 0 Å². The maximum atomic E-state index is 5.04. The summed E-state index contributed by atoms with van der Waals surface area (Å²) in [4.78, 5) is 10.1. The van der Waals surface area contributed by atoms with Crippen LogP contribution in [0, 0.1) is 0 Å². The smallest absolute Gasteiger partial charge is 0.160 e. The van der Waals surface area contributed by atoms with E-state index in [-0.39, 0.29) is 0 Å². The van der Waals surface area contributed by atoms with Gasteiger partial charge in [0.2, 0.25) is 0 Å². The van der Waals surface area contributed by atoms with Crippen molar-refractivity contribution in [1.29, 1.82) is 0 Å². The molecule has 0 unspecified atom stereocenters. The van der Waals surface area contributed by atoms with Crippen molar-refractivity contribution in [3.05, 3.63) is 188 Å². The molecule has 9 rings (SSSR count). The summed E-state index contributed by atoms with van der Waals surface area (Å²) >= 11 is 0. The highest BCUT2D eigenvalue weighted by Crippen LogP contribution is 2.34. The van der Waals surface area contributed by atoms with Crippen molar-refractivity contribution in [3.63, 3.8) is 0 Å². The number of rotatable bonds is 6. The highest BCUT2D eigenvalue weighted by atomic mass is 15.0. The Balaban J connectivity index is 1.05. The molecule has 0 spiro atoms. The minimum atomic E-state index is 0.713. The van der Waals surface area contributed by atoms with E-state index in [4.69, 9.17) is 9.97 Å². The van der Waals surface area contributed by atoms with Gasteiger partial charge in [-0.2, -0.15) is 0 Å². The molecule has 0 N–H and O–H groups in total. The van der Waals surface area contributed by atoms with Gasteiger partial charge in [0, 0.05) is 33.2 Å². The van der Waals surface area contributed by atoms with Crippen molar-refractivity contribution in [3.8, 4) is 61.8 Å². The first-order valence-electron chi connectivity index (χ1n) is 16.6. The van der Waals surface area contributed by atoms with Gasteiger partial charge in [0.25, 0.3) is 0 Å². The molecule has 0 radical (unpaired) electrons. The maximum Gasteiger partial charge on any atom is 0.160 e. The molecule has 0 fully saturated rings. The lowest BCUT2D eigenvalue weighted by Crippen LogP contribution is -1.96. The molecule has 3 heteroatoms. The van der Waals surface area contributed by atoms with Crippen LogP contribution < -0.4 is 0 Å². The summed E-state index contributed by atoms with van der Waals surface area (Å²) in [6.45, 7) is 0. The Kier molecular flexibility index (Phi) is 7.14. The van der Waals surface area contributed by atoms with Crippen LogP contribution in [0.4, 0.5) is 0 Å². The van der Waals surface area contributed by atoms with E-state index in [0.29, 0.717) is 5.82 Å². The highest BCUT2D eigenvalue weighted by Gasteiger charge is 2.13. The monoisotopic (exact) mass is 625 g/mol. The Morgan fingerprint density at radius 3 is 1.16 bits per heavy atom. The van der Waals surface area contributed by atoms with Crippen LogP contribution in [0.5, 0.6) is 0 Å². The van der Waals surface area contributed by atoms with Crippen LogP contribution in [0.2, 0.25) is 0 Å². The number of para-hydroxylation sites is 2. The van der Waals surface area contributed by atoms with Crippen LogP contribution in [-0.4, -0.2) is 14.5 Å². The van der Waals surface area contributed by atoms with E-state index in [1.165, 1.54) is 38.5 Å². The third-order valence-corrected chi connectivity index (χ3v) is 9.27. The average molecular weight is 626 g/mol. The summed E-state index contributed by atoms with van der Waals surface area (Å²) in [5.74, 6) is 0.713. The number of nitrogens with zero attached hydrogens (tertiary/aromatic N) is 3. The lowest BCUT2D eigenvalue weighted by Gasteiger charge is -2.11. The van der Waals surface area contributed by atoms with Crippen molar-refractivity contribution >= 4 is 21.8 Å². The van der Waals surface area contributed by atoms with Gasteiger partial charge in [-0.05, 0) is 52.6 Å². The topological polar surface area (TPSA) is 30.7 Å². The molecule has 0 bridgehead atoms. The van der Waals surface area contributed by atoms with Crippen LogP contribution in [0.3, 0.4) is 0 Å². The third kappa shape index (κ3) is 5.38. The Morgan fingerprint density at radius 1 is 0.306 bits per heavy atom. The molecule has 230 valence electrons. The number of hydrogen-bond donors (Lipinski definition) is 0. The normalized spacial score (nSPS) is 11.3. The molecule has 49 heavy (non-hydrogen) atoms. The summed E-state index contributed by atoms with van der Waals surface area (Å²) in [6, 6.07) is 66.2. The standard InChI is InChI=1S/C46H31N3/c1-3-11-32(12-4-1)33-19-23-36(24-20-33)42-31-43(48-46(47-42)38-13-5-2-6-14-38)37-25-21-34(22-26-37)35-27-29-39(30-28-35)49-44-17-9-7-15-40(44)41-16-8-10-18-45(41)49/h1-31H. The van der Waals surface area contributed by atoms with Crippen LogP contribution >= 0.6 is 0 Å². The molecule has 0 amide bonds. The molecule has 2 aromatic heterocycles. The largest absolute Gasteiger partial charge is 0.309 e. The molecular formula is C46H31N3. The minimum Gasteiger partial charge on any atom is -0.309 e. The zero-order valence-corrected chi connectivity index (χ0v) is 26.7. The van der Waals surface area contributed by atoms with E-state index in [2.05, 4.69) is 168 Å². The first-order chi connectivity index (χ1) is 24.3. The summed E-state index contributed by atoms with van der Waals surface area (Å²) < 4.78 is 2.35. The molecular weight excluding hydrogens is 595 g/mol. The van der Waals surface area contributed by atoms with Crippen molar-refractivity contribution in [2.24, 2.45) is 0 Å². The molecule has 0 aliphatic rings. The van der Waals surface area contributed by atoms with Crippen LogP contribution in [0.1, 0.15) is 0 Å². The predicted molar refractivity (Wildman–Crippen MR) is 204 cm³/mol. The second-order valence-electron chi connectivity index (χ2n) is 12.3. The van der Waals surface area contributed by atoms with Gasteiger partial charge in [-0.1, -0.05) is 158 Å². The molecule has 7 aromatic carbocycles. The molecule has 0 saturated carbocycles. The third-order valence-electron chi connectivity index (χ3n) is 9.27. The second kappa shape index (κ2) is 12.2. The SMILES string of the molecule is c1ccc(-c2ccc(-c3cc(-c4ccc(-c5ccc(-n6c7ccccc7c7ccccc76)cc5)cc4)nc(-c4ccccc4)n3)cc2)cc1. The molecule has 3 nitrogen and oxygen atoms in total. The Morgan fingerprint density at radius 2 is 0.673 bits per heavy atom. The van der Waals surface area contributed by atoms with Crippen molar-refractivity contribution in [1.82, 2.24) is 14.5 Å². The fourth-order valence-electron chi connectivity index (χ4n) is 6.76. The summed E-state index contributed by atoms with van der Waals surface area (Å²) in [6.07, 6.45) is 0. The summed E-state index contributed by atoms with van der Waals surface area (Å²) in [5.41, 5.74) is 13.2. The van der Waals surface area contributed by atoms with E-state index in [1.54, 1.807) is 0 Å². The fourth-order valence-corrected chi connectivity index (χ4v) is 6.76. The summed E-state index contributed by atoms with van der Waals surface area (Å²) in [7, 11) is 0. The second-order valence-corrected chi connectivity index (χ2v) is 12.3. The Bertz CT molecular complexity index is 2500. The zero-order valence-electron chi connectivity index (χ0n) is 26.7. The molecule has 9 aromatic rings. The Hall–Kier alpha value is -6.58. The molecule has 0 aliphatic heterocycles. The van der Waals surface area contributed by atoms with Gasteiger partial charge >= 0.3 is 0 Å². The van der Waals surface area contributed by atoms with E-state index in [0.717, 1.165) is 39.3 Å². The number of benzene rings is 7. The fraction of sp³-hybridized carbons (Fsp3) is 0. The van der Waals surface area contributed by atoms with Gasteiger partial charge in [0.05, 0.1) is 22.4 Å². The summed E-state index contributed by atoms with van der Waals surface area (Å²) in [5, 5.41) is 2.54. The van der Waals surface area contributed by atoms with Crippen molar-refractivity contribution < 1.29 is 0 Å². The van der Waals surface area contributed by atoms with Gasteiger partial charge in [-0.25, -0.2) is 9.97 Å². The maximum absolute atomic E-state index is 5.04. The van der Waals surface area contributed by atoms with Crippen LogP contribution in [-0.2, 0) is 0 Å². The zero-order chi connectivity index (χ0) is 32.6. The first kappa shape index (κ1) is 28.6. The first-order valence-corrected chi connectivity index (χ1v) is 16.6. The van der Waals surface area contributed by atoms with Gasteiger partial charge < -0.3 is 4.57 Å². The molecule has 0 aliphatic carbocycles. The quantitative estimate of drug-likeness (QED) is 0.184. The van der Waals surface area contributed by atoms with E-state index >= 15 is 0 Å². The molecule has 0 saturated heterocycles. The lowest BCUT2D eigenvalue weighted by molar-refractivity contribution is 1.18. The molecule has 2 heterocycles. The average Bonchev–Trinajstić information content (AvgIpc) is 3.53. The van der Waals surface area contributed by atoms with Gasteiger partial charge in [0.1, 0.15) is 0 Å². The van der Waals surface area contributed by atoms with Gasteiger partial charge in [-0.15, -0.1) is 0 Å². The predicted octanol–water partition coefficient (Wildman–Crippen LogP) is 11.9. The van der Waals surface area contributed by atoms with Crippen molar-refractivity contribution in [2.75, 3.05) is 0 Å². The van der Waals surface area contributed by atoms with E-state index in [1.807, 2.05) is 24.3 Å². The van der Waals surface area contributed by atoms with E-state index in [9.17, 15) is 0 Å². The molecule has 0 atom stereocenters. The Labute approximate surface area is 285 Å². The van der Waals surface area contributed by atoms with Crippen LogP contribution in [0.15, 0.2) is 188 Å². The number of hydrogen-bond acceptors (Lipinski definition) is 2. The highest BCUT2D eigenvalue weighted by molar-refractivity contribution is 6.09. The van der Waals surface area contributed by atoms with Gasteiger partial charge in [0.15, 0.2) is 5.82 Å². The van der Waals surface area contributed by atoms with Gasteiger partial charge in [-0.3, -0.25) is 0 Å². The number of aromatic nitrogens is 3. The van der Waals surface area contributed by atoms with Crippen LogP contribution in [0.25, 0.3) is 83.6 Å².